The van der Waals surface area contributed by atoms with Crippen molar-refractivity contribution in [3.63, 3.8) is 0 Å². The topological polar surface area (TPSA) is 0 Å². The van der Waals surface area contributed by atoms with E-state index in [1.807, 2.05) is 0 Å². The van der Waals surface area contributed by atoms with Crippen LogP contribution in [-0.4, -0.2) is 0 Å². The molecule has 0 radical (unpaired) electrons. The van der Waals surface area contributed by atoms with E-state index in [4.69, 9.17) is 0 Å². The fourth-order valence-corrected chi connectivity index (χ4v) is 7.16. The molecule has 2 aliphatic rings. The first kappa shape index (κ1) is 21.6. The number of hydrogen-bond acceptors (Lipinski definition) is 0. The predicted molar refractivity (Wildman–Crippen MR) is 152 cm³/mol. The molecule has 0 saturated heterocycles. The molecule has 0 heteroatoms. The van der Waals surface area contributed by atoms with Gasteiger partial charge in [-0.2, -0.15) is 0 Å². The molecule has 0 fully saturated rings. The van der Waals surface area contributed by atoms with Gasteiger partial charge in [0.2, 0.25) is 0 Å². The van der Waals surface area contributed by atoms with Crippen LogP contribution in [0.1, 0.15) is 72.6 Å². The summed E-state index contributed by atoms with van der Waals surface area (Å²) in [7, 11) is 0. The zero-order valence-electron chi connectivity index (χ0n) is 21.6. The lowest BCUT2D eigenvalue weighted by atomic mass is 9.68. The van der Waals surface area contributed by atoms with Crippen LogP contribution in [0.15, 0.2) is 103 Å². The zero-order chi connectivity index (χ0) is 24.7. The number of rotatable bonds is 4. The Balaban J connectivity index is 1.53. The van der Waals surface area contributed by atoms with Gasteiger partial charge in [0.15, 0.2) is 0 Å². The summed E-state index contributed by atoms with van der Waals surface area (Å²) >= 11 is 0. The van der Waals surface area contributed by atoms with Gasteiger partial charge < -0.3 is 0 Å². The molecule has 0 heterocycles. The average molecular weight is 465 g/mol. The molecule has 5 aromatic rings. The van der Waals surface area contributed by atoms with E-state index in [1.54, 1.807) is 0 Å². The lowest BCUT2D eigenvalue weighted by Crippen LogP contribution is -2.23. The first-order valence-corrected chi connectivity index (χ1v) is 13.2. The van der Waals surface area contributed by atoms with Crippen LogP contribution in [0.25, 0.3) is 21.9 Å². The average Bonchev–Trinajstić information content (AvgIpc) is 3.13. The van der Waals surface area contributed by atoms with Crippen LogP contribution in [0.3, 0.4) is 0 Å². The Morgan fingerprint density at radius 2 is 1.06 bits per heavy atom. The highest BCUT2D eigenvalue weighted by Crippen LogP contribution is 2.59. The summed E-state index contributed by atoms with van der Waals surface area (Å²) in [6, 6.07) is 38.7. The first-order valence-electron chi connectivity index (χ1n) is 13.2. The molecule has 0 spiro atoms. The van der Waals surface area contributed by atoms with Crippen LogP contribution in [0.5, 0.6) is 0 Å². The molecule has 36 heavy (non-hydrogen) atoms. The predicted octanol–water partition coefficient (Wildman–Crippen LogP) is 9.16. The third-order valence-electron chi connectivity index (χ3n) is 9.08. The summed E-state index contributed by atoms with van der Waals surface area (Å²) in [6.07, 6.45) is 0.987. The van der Waals surface area contributed by atoms with Crippen molar-refractivity contribution in [2.24, 2.45) is 0 Å². The highest BCUT2D eigenvalue weighted by molar-refractivity contribution is 6.09. The van der Waals surface area contributed by atoms with Gasteiger partial charge in [-0.1, -0.05) is 131 Å². The molecule has 0 aliphatic heterocycles. The maximum Gasteiger partial charge on any atom is 0.0159 e. The molecule has 0 unspecified atom stereocenters. The van der Waals surface area contributed by atoms with Crippen molar-refractivity contribution in [3.8, 4) is 11.1 Å². The van der Waals surface area contributed by atoms with E-state index >= 15 is 0 Å². The van der Waals surface area contributed by atoms with Gasteiger partial charge in [-0.25, -0.2) is 0 Å². The molecule has 0 atom stereocenters. The summed E-state index contributed by atoms with van der Waals surface area (Å²) < 4.78 is 0. The van der Waals surface area contributed by atoms with E-state index in [1.165, 1.54) is 60.8 Å². The van der Waals surface area contributed by atoms with Crippen molar-refractivity contribution in [3.05, 3.63) is 142 Å². The van der Waals surface area contributed by atoms with Crippen LogP contribution in [0.4, 0.5) is 0 Å². The molecule has 0 nitrogen and oxygen atoms in total. The van der Waals surface area contributed by atoms with E-state index in [0.29, 0.717) is 5.92 Å². The summed E-state index contributed by atoms with van der Waals surface area (Å²) in [5.41, 5.74) is 13.1. The smallest absolute Gasteiger partial charge is 0.0159 e. The van der Waals surface area contributed by atoms with Gasteiger partial charge >= 0.3 is 0 Å². The molecule has 7 rings (SSSR count). The lowest BCUT2D eigenvalue weighted by molar-refractivity contribution is 0.639. The summed E-state index contributed by atoms with van der Waals surface area (Å²) in [6.45, 7) is 9.66. The summed E-state index contributed by atoms with van der Waals surface area (Å²) in [5, 5.41) is 2.91. The molecule has 5 aromatic carbocycles. The highest BCUT2D eigenvalue weighted by Gasteiger charge is 2.44. The van der Waals surface area contributed by atoms with Gasteiger partial charge in [0.1, 0.15) is 0 Å². The van der Waals surface area contributed by atoms with Crippen molar-refractivity contribution in [1.82, 2.24) is 0 Å². The second kappa shape index (κ2) is 7.43. The van der Waals surface area contributed by atoms with Crippen LogP contribution in [0, 0.1) is 0 Å². The molecule has 2 aliphatic carbocycles. The van der Waals surface area contributed by atoms with Crippen molar-refractivity contribution in [1.29, 1.82) is 0 Å². The molecule has 0 bridgehead atoms. The molecular formula is C36H32. The summed E-state index contributed by atoms with van der Waals surface area (Å²) in [4.78, 5) is 0. The van der Waals surface area contributed by atoms with Gasteiger partial charge in [-0.05, 0) is 67.3 Å². The largest absolute Gasteiger partial charge is 0.0622 e. The molecule has 176 valence electrons. The molecule has 0 saturated carbocycles. The first-order chi connectivity index (χ1) is 17.4. The minimum absolute atomic E-state index is 0.00780. The van der Waals surface area contributed by atoms with Crippen molar-refractivity contribution >= 4 is 10.8 Å². The Morgan fingerprint density at radius 3 is 1.67 bits per heavy atom. The van der Waals surface area contributed by atoms with Gasteiger partial charge in [0.25, 0.3) is 0 Å². The zero-order valence-corrected chi connectivity index (χ0v) is 21.6. The highest BCUT2D eigenvalue weighted by atomic mass is 14.5. The third-order valence-corrected chi connectivity index (χ3v) is 9.08. The maximum absolute atomic E-state index is 2.56. The fraction of sp³-hybridized carbons (Fsp3) is 0.222. The van der Waals surface area contributed by atoms with Gasteiger partial charge in [-0.3, -0.25) is 0 Å². The fourth-order valence-electron chi connectivity index (χ4n) is 7.16. The van der Waals surface area contributed by atoms with E-state index in [2.05, 4.69) is 131 Å². The Morgan fingerprint density at radius 1 is 0.528 bits per heavy atom. The van der Waals surface area contributed by atoms with E-state index < -0.39 is 0 Å². The Labute approximate surface area is 214 Å². The van der Waals surface area contributed by atoms with E-state index in [9.17, 15) is 0 Å². The molecule has 0 aromatic heterocycles. The maximum atomic E-state index is 2.56. The lowest BCUT2D eigenvalue weighted by Gasteiger charge is -2.35. The normalized spacial score (nSPS) is 16.0. The van der Waals surface area contributed by atoms with E-state index in [0.717, 1.165) is 6.42 Å². The van der Waals surface area contributed by atoms with Crippen molar-refractivity contribution < 1.29 is 0 Å². The molecule has 0 N–H and O–H groups in total. The van der Waals surface area contributed by atoms with Crippen LogP contribution in [-0.2, 0) is 17.3 Å². The Kier molecular flexibility index (Phi) is 4.47. The number of benzene rings is 5. The van der Waals surface area contributed by atoms with E-state index in [-0.39, 0.29) is 10.8 Å². The van der Waals surface area contributed by atoms with Crippen LogP contribution < -0.4 is 0 Å². The number of hydrogen-bond donors (Lipinski definition) is 0. The minimum atomic E-state index is -0.0214. The van der Waals surface area contributed by atoms with Gasteiger partial charge in [0, 0.05) is 16.7 Å². The van der Waals surface area contributed by atoms with Crippen molar-refractivity contribution in [2.75, 3.05) is 0 Å². The monoisotopic (exact) mass is 464 g/mol. The van der Waals surface area contributed by atoms with Gasteiger partial charge in [-0.15, -0.1) is 0 Å². The molecule has 0 amide bonds. The summed E-state index contributed by atoms with van der Waals surface area (Å²) in [5.74, 6) is 0.315. The quantitative estimate of drug-likeness (QED) is 0.249. The molecular weight excluding hydrogens is 432 g/mol. The van der Waals surface area contributed by atoms with Crippen LogP contribution >= 0.6 is 0 Å². The third kappa shape index (κ3) is 2.82. The van der Waals surface area contributed by atoms with Gasteiger partial charge in [0.05, 0.1) is 0 Å². The Hall–Kier alpha value is -3.64. The second-order valence-electron chi connectivity index (χ2n) is 11.7. The SMILES string of the molecule is CC1(C)c2cccc3c2-c2c1cc(CC(c1ccccc1)c1ccccc1)c1cccc(c21)C3(C)C. The standard InChI is InChI=1S/C36H32/c1-35(2)28-18-11-17-26-25(21-27(23-13-7-5-8-14-23)24-15-9-6-10-16-24)22-31-34(32(26)28)33-29(35)19-12-20-30(33)36(31,3)4/h5-20,22,27H,21H2,1-4H3. The minimum Gasteiger partial charge on any atom is -0.0622 e. The second-order valence-corrected chi connectivity index (χ2v) is 11.7. The van der Waals surface area contributed by atoms with Crippen LogP contribution in [0.2, 0.25) is 0 Å². The Bertz CT molecular complexity index is 1600. The van der Waals surface area contributed by atoms with Crippen molar-refractivity contribution in [2.45, 2.75) is 50.9 Å².